The Balaban J connectivity index is 1.63. The molecule has 3 aromatic rings. The van der Waals surface area contributed by atoms with Crippen LogP contribution in [0.3, 0.4) is 0 Å². The van der Waals surface area contributed by atoms with E-state index in [0.29, 0.717) is 6.04 Å². The third-order valence-corrected chi connectivity index (χ3v) is 7.26. The highest BCUT2D eigenvalue weighted by atomic mass is 32.1. The molecule has 1 aromatic carbocycles. The van der Waals surface area contributed by atoms with Gasteiger partial charge in [0.2, 0.25) is 0 Å². The van der Waals surface area contributed by atoms with Crippen LogP contribution in [0.2, 0.25) is 0 Å². The molecule has 2 aromatic heterocycles. The van der Waals surface area contributed by atoms with Crippen LogP contribution in [0.15, 0.2) is 54.7 Å². The molecule has 2 atom stereocenters. The van der Waals surface area contributed by atoms with Crippen molar-refractivity contribution in [1.82, 2.24) is 19.8 Å². The van der Waals surface area contributed by atoms with Gasteiger partial charge >= 0.3 is 0 Å². The van der Waals surface area contributed by atoms with Crippen LogP contribution in [0.25, 0.3) is 5.69 Å². The van der Waals surface area contributed by atoms with Crippen molar-refractivity contribution in [2.24, 2.45) is 0 Å². The first-order valence-corrected chi connectivity index (χ1v) is 11.7. The Morgan fingerprint density at radius 2 is 1.74 bits per heavy atom. The van der Waals surface area contributed by atoms with E-state index in [1.54, 1.807) is 0 Å². The van der Waals surface area contributed by atoms with Crippen molar-refractivity contribution in [3.05, 3.63) is 82.9 Å². The fraction of sp³-hybridized carbons (Fsp3) is 0.385. The van der Waals surface area contributed by atoms with Gasteiger partial charge in [-0.05, 0) is 81.7 Å². The Bertz CT molecular complexity index is 1080. The lowest BCUT2D eigenvalue weighted by molar-refractivity contribution is 0.245. The van der Waals surface area contributed by atoms with Crippen molar-refractivity contribution >= 4 is 17.3 Å². The SMILES string of the molecule is Cc1ccc(-n2c(C)cc(C3C(c4ccccn4)NC(=S)N3C3CCCC3)c2C)cc1. The van der Waals surface area contributed by atoms with Crippen molar-refractivity contribution in [2.45, 2.75) is 64.6 Å². The second kappa shape index (κ2) is 8.12. The number of hydrogen-bond donors (Lipinski definition) is 1. The molecule has 1 saturated carbocycles. The Morgan fingerprint density at radius 1 is 1.00 bits per heavy atom. The number of pyridine rings is 1. The smallest absolute Gasteiger partial charge is 0.170 e. The molecule has 2 unspecified atom stereocenters. The van der Waals surface area contributed by atoms with E-state index >= 15 is 0 Å². The van der Waals surface area contributed by atoms with E-state index in [2.05, 4.69) is 78.0 Å². The summed E-state index contributed by atoms with van der Waals surface area (Å²) in [6.07, 6.45) is 6.87. The quantitative estimate of drug-likeness (QED) is 0.537. The lowest BCUT2D eigenvalue weighted by Crippen LogP contribution is -2.37. The number of aryl methyl sites for hydroxylation is 2. The summed E-state index contributed by atoms with van der Waals surface area (Å²) >= 11 is 5.90. The van der Waals surface area contributed by atoms with Gasteiger partial charge in [-0.25, -0.2) is 0 Å². The van der Waals surface area contributed by atoms with E-state index in [4.69, 9.17) is 17.2 Å². The Hall–Kier alpha value is -2.66. The predicted molar refractivity (Wildman–Crippen MR) is 130 cm³/mol. The normalized spacial score (nSPS) is 21.6. The number of benzene rings is 1. The minimum atomic E-state index is 0.0567. The Morgan fingerprint density at radius 3 is 2.42 bits per heavy atom. The maximum Gasteiger partial charge on any atom is 0.170 e. The highest BCUT2D eigenvalue weighted by molar-refractivity contribution is 7.80. The molecule has 31 heavy (non-hydrogen) atoms. The van der Waals surface area contributed by atoms with Crippen LogP contribution < -0.4 is 5.32 Å². The summed E-state index contributed by atoms with van der Waals surface area (Å²) in [4.78, 5) is 7.19. The molecule has 1 saturated heterocycles. The van der Waals surface area contributed by atoms with Gasteiger partial charge in [-0.3, -0.25) is 4.98 Å². The average Bonchev–Trinajstić information content (AvgIpc) is 3.48. The minimum Gasteiger partial charge on any atom is -0.352 e. The molecule has 160 valence electrons. The van der Waals surface area contributed by atoms with E-state index in [1.165, 1.54) is 53.9 Å². The third-order valence-electron chi connectivity index (χ3n) is 6.93. The van der Waals surface area contributed by atoms with Gasteiger partial charge in [0.1, 0.15) is 0 Å². The lowest BCUT2D eigenvalue weighted by atomic mass is 9.95. The zero-order valence-electron chi connectivity index (χ0n) is 18.5. The number of nitrogens with one attached hydrogen (secondary N) is 1. The van der Waals surface area contributed by atoms with Crippen LogP contribution >= 0.6 is 12.2 Å². The number of nitrogens with zero attached hydrogens (tertiary/aromatic N) is 3. The van der Waals surface area contributed by atoms with Crippen molar-refractivity contribution in [3.8, 4) is 5.69 Å². The van der Waals surface area contributed by atoms with Crippen LogP contribution in [0.4, 0.5) is 0 Å². The van der Waals surface area contributed by atoms with Gasteiger partial charge in [-0.1, -0.05) is 36.6 Å². The zero-order valence-corrected chi connectivity index (χ0v) is 19.3. The summed E-state index contributed by atoms with van der Waals surface area (Å²) in [5.74, 6) is 0. The molecule has 2 fully saturated rings. The maximum atomic E-state index is 5.90. The average molecular weight is 431 g/mol. The van der Waals surface area contributed by atoms with Crippen LogP contribution in [0.5, 0.6) is 0 Å². The highest BCUT2D eigenvalue weighted by Crippen LogP contribution is 2.44. The molecule has 0 spiro atoms. The maximum absolute atomic E-state index is 5.90. The minimum absolute atomic E-state index is 0.0567. The van der Waals surface area contributed by atoms with Crippen LogP contribution in [0.1, 0.15) is 66.0 Å². The summed E-state index contributed by atoms with van der Waals surface area (Å²) < 4.78 is 2.37. The topological polar surface area (TPSA) is 33.1 Å². The van der Waals surface area contributed by atoms with Crippen molar-refractivity contribution in [3.63, 3.8) is 0 Å². The second-order valence-corrected chi connectivity index (χ2v) is 9.36. The monoisotopic (exact) mass is 430 g/mol. The fourth-order valence-electron chi connectivity index (χ4n) is 5.45. The van der Waals surface area contributed by atoms with Crippen LogP contribution in [-0.2, 0) is 0 Å². The molecule has 0 amide bonds. The number of hydrogen-bond acceptors (Lipinski definition) is 2. The summed E-state index contributed by atoms with van der Waals surface area (Å²) in [6.45, 7) is 6.57. The molecule has 3 heterocycles. The van der Waals surface area contributed by atoms with Crippen molar-refractivity contribution < 1.29 is 0 Å². The van der Waals surface area contributed by atoms with Gasteiger partial charge in [-0.2, -0.15) is 0 Å². The molecular formula is C26H30N4S. The molecule has 1 N–H and O–H groups in total. The largest absolute Gasteiger partial charge is 0.352 e. The fourth-order valence-corrected chi connectivity index (χ4v) is 5.84. The van der Waals surface area contributed by atoms with Crippen LogP contribution in [0, 0.1) is 20.8 Å². The highest BCUT2D eigenvalue weighted by Gasteiger charge is 2.44. The first-order valence-electron chi connectivity index (χ1n) is 11.3. The Kier molecular flexibility index (Phi) is 5.30. The predicted octanol–water partition coefficient (Wildman–Crippen LogP) is 5.71. The summed E-state index contributed by atoms with van der Waals surface area (Å²) in [7, 11) is 0. The molecular weight excluding hydrogens is 400 g/mol. The first-order chi connectivity index (χ1) is 15.0. The van der Waals surface area contributed by atoms with Gasteiger partial charge in [-0.15, -0.1) is 0 Å². The third kappa shape index (κ3) is 3.55. The molecule has 0 radical (unpaired) electrons. The number of aromatic nitrogens is 2. The number of rotatable bonds is 4. The van der Waals surface area contributed by atoms with Crippen LogP contribution in [-0.4, -0.2) is 25.6 Å². The van der Waals surface area contributed by atoms with Gasteiger partial charge in [0.15, 0.2) is 5.11 Å². The summed E-state index contributed by atoms with van der Waals surface area (Å²) in [5, 5.41) is 4.50. The van der Waals surface area contributed by atoms with E-state index in [1.807, 2.05) is 12.3 Å². The molecule has 2 aliphatic rings. The summed E-state index contributed by atoms with van der Waals surface area (Å²) in [6, 6.07) is 18.0. The summed E-state index contributed by atoms with van der Waals surface area (Å²) in [5.41, 5.74) is 7.41. The number of thiocarbonyl (C=S) groups is 1. The van der Waals surface area contributed by atoms with Crippen molar-refractivity contribution in [2.75, 3.05) is 0 Å². The molecule has 4 nitrogen and oxygen atoms in total. The van der Waals surface area contributed by atoms with Gasteiger partial charge in [0.05, 0.1) is 17.8 Å². The van der Waals surface area contributed by atoms with E-state index in [9.17, 15) is 0 Å². The molecule has 1 aliphatic carbocycles. The first kappa shape index (κ1) is 20.3. The van der Waals surface area contributed by atoms with Crippen molar-refractivity contribution in [1.29, 1.82) is 0 Å². The molecule has 1 aliphatic heterocycles. The van der Waals surface area contributed by atoms with E-state index in [0.717, 1.165) is 10.8 Å². The zero-order chi connectivity index (χ0) is 21.5. The van der Waals surface area contributed by atoms with E-state index < -0.39 is 0 Å². The van der Waals surface area contributed by atoms with Gasteiger partial charge < -0.3 is 14.8 Å². The molecule has 5 rings (SSSR count). The standard InChI is InChI=1S/C26H30N4S/c1-17-11-13-21(14-12-17)29-18(2)16-22(19(29)3)25-24(23-10-6-7-15-27-23)28-26(31)30(25)20-8-4-5-9-20/h6-7,10-16,20,24-25H,4-5,8-9H2,1-3H3,(H,28,31). The Labute approximate surface area is 190 Å². The van der Waals surface area contributed by atoms with E-state index in [-0.39, 0.29) is 12.1 Å². The molecule has 5 heteroatoms. The van der Waals surface area contributed by atoms with Gasteiger partial charge in [0.25, 0.3) is 0 Å². The molecule has 0 bridgehead atoms. The second-order valence-electron chi connectivity index (χ2n) is 8.97. The lowest BCUT2D eigenvalue weighted by Gasteiger charge is -2.33. The van der Waals surface area contributed by atoms with Gasteiger partial charge in [0, 0.05) is 29.3 Å².